The first-order chi connectivity index (χ1) is 14.8. The van der Waals surface area contributed by atoms with Gasteiger partial charge in [0.25, 0.3) is 0 Å². The molecule has 5 heteroatoms. The lowest BCUT2D eigenvalue weighted by molar-refractivity contribution is -0.207. The number of hydrogen-bond acceptors (Lipinski definition) is 5. The summed E-state index contributed by atoms with van der Waals surface area (Å²) in [6.07, 6.45) is 5.98. The first kappa shape index (κ1) is 24.9. The molecule has 0 bridgehead atoms. The fourth-order valence-corrected chi connectivity index (χ4v) is 9.11. The summed E-state index contributed by atoms with van der Waals surface area (Å²) in [7, 11) is 0. The first-order valence-corrected chi connectivity index (χ1v) is 13.2. The zero-order chi connectivity index (χ0) is 23.6. The maximum absolute atomic E-state index is 11.6. The van der Waals surface area contributed by atoms with Gasteiger partial charge in [-0.25, -0.2) is 0 Å². The SMILES string of the molecule is C[C@H](CC[C@H](O)C(C)(C)O)[C@H]1CC[C@H]2[C@@H]3[C@H](O)C[C@@H]4C[C@H](O)CC[C@]4(C)[C@@H]3C[C@H](O)[C@]12C. The smallest absolute Gasteiger partial charge is 0.0849 e. The maximum atomic E-state index is 11.6. The summed E-state index contributed by atoms with van der Waals surface area (Å²) in [5, 5.41) is 53.7. The Balaban J connectivity index is 1.54. The summed E-state index contributed by atoms with van der Waals surface area (Å²) in [5.74, 6) is 1.94. The number of aliphatic hydroxyl groups excluding tert-OH is 4. The molecule has 0 heterocycles. The van der Waals surface area contributed by atoms with Crippen LogP contribution in [0.25, 0.3) is 0 Å². The van der Waals surface area contributed by atoms with Crippen molar-refractivity contribution >= 4 is 0 Å². The average Bonchev–Trinajstić information content (AvgIpc) is 3.06. The van der Waals surface area contributed by atoms with Crippen molar-refractivity contribution in [1.29, 1.82) is 0 Å². The van der Waals surface area contributed by atoms with Crippen molar-refractivity contribution in [1.82, 2.24) is 0 Å². The molecule has 0 saturated heterocycles. The van der Waals surface area contributed by atoms with E-state index in [-0.39, 0.29) is 35.1 Å². The van der Waals surface area contributed by atoms with Crippen molar-refractivity contribution < 1.29 is 25.5 Å². The largest absolute Gasteiger partial charge is 0.393 e. The lowest BCUT2D eigenvalue weighted by Gasteiger charge is -2.63. The van der Waals surface area contributed by atoms with Crippen LogP contribution in [0.4, 0.5) is 0 Å². The van der Waals surface area contributed by atoms with Crippen LogP contribution < -0.4 is 0 Å². The van der Waals surface area contributed by atoms with Crippen LogP contribution in [0.1, 0.15) is 92.4 Å². The summed E-state index contributed by atoms with van der Waals surface area (Å²) in [4.78, 5) is 0. The quantitative estimate of drug-likeness (QED) is 0.440. The van der Waals surface area contributed by atoms with Crippen molar-refractivity contribution in [2.45, 2.75) is 122 Å². The number of rotatable bonds is 5. The molecule has 186 valence electrons. The molecule has 0 aromatic heterocycles. The molecule has 5 N–H and O–H groups in total. The molecule has 0 amide bonds. The van der Waals surface area contributed by atoms with E-state index < -0.39 is 11.7 Å². The van der Waals surface area contributed by atoms with Crippen LogP contribution in [-0.2, 0) is 0 Å². The van der Waals surface area contributed by atoms with E-state index in [4.69, 9.17) is 0 Å². The highest BCUT2D eigenvalue weighted by Crippen LogP contribution is 2.68. The molecule has 5 nitrogen and oxygen atoms in total. The molecule has 0 aliphatic heterocycles. The van der Waals surface area contributed by atoms with Crippen molar-refractivity contribution in [3.63, 3.8) is 0 Å². The molecule has 4 saturated carbocycles. The van der Waals surface area contributed by atoms with Gasteiger partial charge in [-0.1, -0.05) is 20.8 Å². The molecule has 0 aromatic carbocycles. The lowest BCUT2D eigenvalue weighted by Crippen LogP contribution is -2.62. The van der Waals surface area contributed by atoms with Crippen LogP contribution in [0.3, 0.4) is 0 Å². The maximum Gasteiger partial charge on any atom is 0.0849 e. The summed E-state index contributed by atoms with van der Waals surface area (Å²) in [5.41, 5.74) is -1.20. The second-order valence-corrected chi connectivity index (χ2v) is 13.2. The molecule has 4 rings (SSSR count). The Morgan fingerprint density at radius 1 is 0.938 bits per heavy atom. The molecule has 4 aliphatic rings. The highest BCUT2D eigenvalue weighted by molar-refractivity contribution is 5.14. The predicted molar refractivity (Wildman–Crippen MR) is 125 cm³/mol. The number of aliphatic hydroxyl groups is 5. The van der Waals surface area contributed by atoms with Crippen LogP contribution in [0.2, 0.25) is 0 Å². The van der Waals surface area contributed by atoms with Crippen LogP contribution in [-0.4, -0.2) is 55.5 Å². The van der Waals surface area contributed by atoms with Crippen LogP contribution >= 0.6 is 0 Å². The van der Waals surface area contributed by atoms with E-state index in [1.807, 2.05) is 0 Å². The second-order valence-electron chi connectivity index (χ2n) is 13.2. The van der Waals surface area contributed by atoms with Gasteiger partial charge in [0.05, 0.1) is 30.0 Å². The highest BCUT2D eigenvalue weighted by Gasteiger charge is 2.65. The summed E-state index contributed by atoms with van der Waals surface area (Å²) < 4.78 is 0. The van der Waals surface area contributed by atoms with Gasteiger partial charge in [0.15, 0.2) is 0 Å². The Labute approximate surface area is 194 Å². The van der Waals surface area contributed by atoms with Gasteiger partial charge in [0.1, 0.15) is 0 Å². The minimum Gasteiger partial charge on any atom is -0.393 e. The van der Waals surface area contributed by atoms with E-state index in [0.29, 0.717) is 36.0 Å². The van der Waals surface area contributed by atoms with Gasteiger partial charge < -0.3 is 25.5 Å². The molecule has 0 spiro atoms. The summed E-state index contributed by atoms with van der Waals surface area (Å²) in [6, 6.07) is 0. The molecule has 32 heavy (non-hydrogen) atoms. The molecule has 0 radical (unpaired) electrons. The molecular formula is C27H48O5. The Morgan fingerprint density at radius 3 is 2.28 bits per heavy atom. The van der Waals surface area contributed by atoms with Gasteiger partial charge in [-0.05, 0) is 118 Å². The third-order valence-electron chi connectivity index (χ3n) is 11.2. The third kappa shape index (κ3) is 3.88. The molecule has 12 atom stereocenters. The Bertz CT molecular complexity index is 675. The van der Waals surface area contributed by atoms with E-state index in [1.54, 1.807) is 13.8 Å². The Hall–Kier alpha value is -0.200. The minimum absolute atomic E-state index is 0.103. The fraction of sp³-hybridized carbons (Fsp3) is 1.00. The lowest BCUT2D eigenvalue weighted by atomic mass is 9.43. The highest BCUT2D eigenvalue weighted by atomic mass is 16.3. The first-order valence-electron chi connectivity index (χ1n) is 13.2. The molecule has 0 unspecified atom stereocenters. The van der Waals surface area contributed by atoms with E-state index in [1.165, 1.54) is 0 Å². The third-order valence-corrected chi connectivity index (χ3v) is 11.2. The molecule has 4 aliphatic carbocycles. The number of hydrogen-bond donors (Lipinski definition) is 5. The normalized spacial score (nSPS) is 50.8. The van der Waals surface area contributed by atoms with Crippen molar-refractivity contribution in [2.24, 2.45) is 46.3 Å². The Kier molecular flexibility index (Phi) is 6.60. The molecular weight excluding hydrogens is 404 g/mol. The standard InChI is InChI=1S/C27H48O5/c1-15(6-9-22(30)25(2,3)32)18-7-8-19-24-20(14-23(31)27(18,19)5)26(4)11-10-17(28)12-16(26)13-21(24)29/h15-24,28-32H,6-14H2,1-5H3/t15-,16+,17-,18-,19+,20-,21-,22+,23+,24+,26+,27-/m1/s1. The second kappa shape index (κ2) is 8.48. The fourth-order valence-electron chi connectivity index (χ4n) is 9.11. The van der Waals surface area contributed by atoms with E-state index >= 15 is 0 Å². The molecule has 0 aromatic rings. The summed E-state index contributed by atoms with van der Waals surface area (Å²) >= 11 is 0. The minimum atomic E-state index is -1.09. The van der Waals surface area contributed by atoms with Crippen LogP contribution in [0.15, 0.2) is 0 Å². The zero-order valence-electron chi connectivity index (χ0n) is 20.9. The van der Waals surface area contributed by atoms with Crippen molar-refractivity contribution in [3.8, 4) is 0 Å². The van der Waals surface area contributed by atoms with Gasteiger partial charge >= 0.3 is 0 Å². The summed E-state index contributed by atoms with van der Waals surface area (Å²) in [6.45, 7) is 10.2. The monoisotopic (exact) mass is 452 g/mol. The Morgan fingerprint density at radius 2 is 1.62 bits per heavy atom. The van der Waals surface area contributed by atoms with Crippen LogP contribution in [0.5, 0.6) is 0 Å². The van der Waals surface area contributed by atoms with Gasteiger partial charge in [-0.2, -0.15) is 0 Å². The van der Waals surface area contributed by atoms with E-state index in [2.05, 4.69) is 20.8 Å². The molecule has 4 fully saturated rings. The van der Waals surface area contributed by atoms with Gasteiger partial charge in [0.2, 0.25) is 0 Å². The van der Waals surface area contributed by atoms with Gasteiger partial charge in [-0.15, -0.1) is 0 Å². The van der Waals surface area contributed by atoms with E-state index in [9.17, 15) is 25.5 Å². The van der Waals surface area contributed by atoms with Gasteiger partial charge in [0, 0.05) is 0 Å². The zero-order valence-corrected chi connectivity index (χ0v) is 20.9. The number of fused-ring (bicyclic) bond motifs is 5. The van der Waals surface area contributed by atoms with Crippen molar-refractivity contribution in [3.05, 3.63) is 0 Å². The van der Waals surface area contributed by atoms with Crippen LogP contribution in [0, 0.1) is 46.3 Å². The topological polar surface area (TPSA) is 101 Å². The van der Waals surface area contributed by atoms with E-state index in [0.717, 1.165) is 51.4 Å². The predicted octanol–water partition coefficient (Wildman–Crippen LogP) is 3.50. The average molecular weight is 453 g/mol. The van der Waals surface area contributed by atoms with Crippen molar-refractivity contribution in [2.75, 3.05) is 0 Å². The van der Waals surface area contributed by atoms with Gasteiger partial charge in [-0.3, -0.25) is 0 Å².